The Hall–Kier alpha value is -1.77. The largest absolute Gasteiger partial charge is 0.446 e. The van der Waals surface area contributed by atoms with Crippen molar-refractivity contribution in [2.24, 2.45) is 46.3 Å². The molecule has 8 atom stereocenters. The van der Waals surface area contributed by atoms with E-state index in [1.165, 1.54) is 63.4 Å². The Bertz CT molecular complexity index is 1020. The van der Waals surface area contributed by atoms with Crippen LogP contribution in [0.2, 0.25) is 0 Å². The standard InChI is InChI=1S/C37H57NO2/c1-26(2)11-9-12-27(3)32-18-19-33-31-17-16-29-25-30(20-22-36(29,4)34(31)21-23-37(32,33)5)40-35(39)38-24-10-15-28-13-7-6-8-14-28/h6-8,13-14,16,26-27,30-34H,9-12,15,17-25H2,1-5H3,(H,38,39)/t27-,30+,31+,32-,33+,34+,36+,37-/m1/s1. The summed E-state index contributed by atoms with van der Waals surface area (Å²) in [4.78, 5) is 12.6. The van der Waals surface area contributed by atoms with E-state index in [2.05, 4.69) is 70.3 Å². The molecule has 1 aromatic carbocycles. The van der Waals surface area contributed by atoms with Gasteiger partial charge in [-0.15, -0.1) is 0 Å². The highest BCUT2D eigenvalue weighted by Crippen LogP contribution is 2.67. The molecule has 0 unspecified atom stereocenters. The number of amides is 1. The van der Waals surface area contributed by atoms with Crippen LogP contribution >= 0.6 is 0 Å². The lowest BCUT2D eigenvalue weighted by Gasteiger charge is -2.58. The van der Waals surface area contributed by atoms with Crippen molar-refractivity contribution in [1.29, 1.82) is 0 Å². The summed E-state index contributed by atoms with van der Waals surface area (Å²) in [6.45, 7) is 13.2. The van der Waals surface area contributed by atoms with Crippen LogP contribution in [0.15, 0.2) is 42.0 Å². The second-order valence-electron chi connectivity index (χ2n) is 15.1. The zero-order valence-electron chi connectivity index (χ0n) is 26.2. The number of carbonyl (C=O) groups excluding carboxylic acids is 1. The van der Waals surface area contributed by atoms with Crippen LogP contribution in [0.1, 0.15) is 117 Å². The lowest BCUT2D eigenvalue weighted by molar-refractivity contribution is -0.0581. The van der Waals surface area contributed by atoms with Gasteiger partial charge in [0.1, 0.15) is 6.10 Å². The fourth-order valence-electron chi connectivity index (χ4n) is 10.1. The van der Waals surface area contributed by atoms with E-state index in [-0.39, 0.29) is 12.2 Å². The molecule has 3 fully saturated rings. The van der Waals surface area contributed by atoms with Gasteiger partial charge in [0, 0.05) is 13.0 Å². The number of allylic oxidation sites excluding steroid dienone is 1. The molecule has 0 saturated heterocycles. The Labute approximate surface area is 245 Å². The van der Waals surface area contributed by atoms with E-state index in [1.54, 1.807) is 5.57 Å². The van der Waals surface area contributed by atoms with Gasteiger partial charge in [-0.1, -0.05) is 95.9 Å². The fourth-order valence-corrected chi connectivity index (χ4v) is 10.1. The SMILES string of the molecule is CC(C)CCC[C@@H](C)[C@H]1CC[C@H]2[C@@H]3CC=C4C[C@@H](OC(=O)NCCCc5ccccc5)CC[C@]4(C)[C@H]3CC[C@]12C. The molecule has 40 heavy (non-hydrogen) atoms. The first-order valence-electron chi connectivity index (χ1n) is 16.9. The summed E-state index contributed by atoms with van der Waals surface area (Å²) in [5, 5.41) is 3.01. The molecule has 0 aromatic heterocycles. The van der Waals surface area contributed by atoms with E-state index in [0.717, 1.165) is 61.2 Å². The predicted molar refractivity (Wildman–Crippen MR) is 166 cm³/mol. The topological polar surface area (TPSA) is 38.3 Å². The van der Waals surface area contributed by atoms with E-state index in [4.69, 9.17) is 4.74 Å². The highest BCUT2D eigenvalue weighted by Gasteiger charge is 2.59. The minimum Gasteiger partial charge on any atom is -0.446 e. The van der Waals surface area contributed by atoms with Crippen LogP contribution in [0, 0.1) is 46.3 Å². The van der Waals surface area contributed by atoms with Gasteiger partial charge in [-0.3, -0.25) is 0 Å². The van der Waals surface area contributed by atoms with Crippen molar-refractivity contribution >= 4 is 6.09 Å². The number of hydrogen-bond donors (Lipinski definition) is 1. The molecule has 1 N–H and O–H groups in total. The maximum atomic E-state index is 12.6. The molecule has 0 aliphatic heterocycles. The van der Waals surface area contributed by atoms with Gasteiger partial charge in [0.05, 0.1) is 0 Å². The molecule has 0 heterocycles. The van der Waals surface area contributed by atoms with Gasteiger partial charge in [0.25, 0.3) is 0 Å². The van der Waals surface area contributed by atoms with E-state index >= 15 is 0 Å². The van der Waals surface area contributed by atoms with E-state index < -0.39 is 0 Å². The number of benzene rings is 1. The molecule has 0 spiro atoms. The Morgan fingerprint density at radius 3 is 2.55 bits per heavy atom. The van der Waals surface area contributed by atoms with Crippen molar-refractivity contribution in [3.8, 4) is 0 Å². The first kappa shape index (κ1) is 29.7. The summed E-state index contributed by atoms with van der Waals surface area (Å²) >= 11 is 0. The Morgan fingerprint density at radius 1 is 0.975 bits per heavy atom. The van der Waals surface area contributed by atoms with Crippen molar-refractivity contribution in [2.45, 2.75) is 124 Å². The van der Waals surface area contributed by atoms with Gasteiger partial charge in [-0.2, -0.15) is 0 Å². The smallest absolute Gasteiger partial charge is 0.407 e. The minimum atomic E-state index is -0.233. The molecule has 1 amide bonds. The number of hydrogen-bond acceptors (Lipinski definition) is 2. The van der Waals surface area contributed by atoms with E-state index in [0.29, 0.717) is 17.4 Å². The fraction of sp³-hybridized carbons (Fsp3) is 0.757. The molecule has 4 aliphatic rings. The predicted octanol–water partition coefficient (Wildman–Crippen LogP) is 9.76. The summed E-state index contributed by atoms with van der Waals surface area (Å²) in [6, 6.07) is 10.5. The average Bonchev–Trinajstić information content (AvgIpc) is 3.29. The summed E-state index contributed by atoms with van der Waals surface area (Å²) in [5.74, 6) is 5.18. The number of nitrogens with one attached hydrogen (secondary N) is 1. The van der Waals surface area contributed by atoms with Gasteiger partial charge in [-0.05, 0) is 110 Å². The number of alkyl carbamates (subject to hydrolysis) is 1. The van der Waals surface area contributed by atoms with Crippen molar-refractivity contribution in [3.63, 3.8) is 0 Å². The molecule has 0 bridgehead atoms. The number of rotatable bonds is 10. The van der Waals surface area contributed by atoms with E-state index in [9.17, 15) is 4.79 Å². The number of aryl methyl sites for hydroxylation is 1. The third-order valence-electron chi connectivity index (χ3n) is 12.3. The second kappa shape index (κ2) is 12.6. The molecule has 4 aliphatic carbocycles. The van der Waals surface area contributed by atoms with Crippen LogP contribution in [0.3, 0.4) is 0 Å². The van der Waals surface area contributed by atoms with Crippen molar-refractivity contribution < 1.29 is 9.53 Å². The quantitative estimate of drug-likeness (QED) is 0.234. The van der Waals surface area contributed by atoms with Crippen LogP contribution in [0.25, 0.3) is 0 Å². The minimum absolute atomic E-state index is 0.0291. The van der Waals surface area contributed by atoms with Gasteiger partial charge >= 0.3 is 6.09 Å². The lowest BCUT2D eigenvalue weighted by atomic mass is 9.47. The molecule has 3 nitrogen and oxygen atoms in total. The third-order valence-corrected chi connectivity index (χ3v) is 12.3. The Balaban J connectivity index is 1.14. The second-order valence-corrected chi connectivity index (χ2v) is 15.1. The molecule has 3 saturated carbocycles. The normalized spacial score (nSPS) is 35.8. The molecule has 5 rings (SSSR count). The van der Waals surface area contributed by atoms with Crippen LogP contribution in [-0.2, 0) is 11.2 Å². The summed E-state index contributed by atoms with van der Waals surface area (Å²) in [6.07, 6.45) is 18.6. The summed E-state index contributed by atoms with van der Waals surface area (Å²) in [7, 11) is 0. The maximum Gasteiger partial charge on any atom is 0.407 e. The van der Waals surface area contributed by atoms with Crippen LogP contribution in [-0.4, -0.2) is 18.7 Å². The molecule has 0 radical (unpaired) electrons. The van der Waals surface area contributed by atoms with Crippen LogP contribution < -0.4 is 5.32 Å². The first-order valence-corrected chi connectivity index (χ1v) is 16.9. The number of ether oxygens (including phenoxy) is 1. The average molecular weight is 548 g/mol. The van der Waals surface area contributed by atoms with Crippen LogP contribution in [0.4, 0.5) is 4.79 Å². The van der Waals surface area contributed by atoms with Crippen LogP contribution in [0.5, 0.6) is 0 Å². The van der Waals surface area contributed by atoms with Gasteiger partial charge in [0.15, 0.2) is 0 Å². The van der Waals surface area contributed by atoms with Gasteiger partial charge < -0.3 is 10.1 Å². The van der Waals surface area contributed by atoms with Gasteiger partial charge in [0.2, 0.25) is 0 Å². The zero-order chi connectivity index (χ0) is 28.3. The first-order chi connectivity index (χ1) is 19.2. The monoisotopic (exact) mass is 547 g/mol. The summed E-state index contributed by atoms with van der Waals surface area (Å²) in [5.41, 5.74) is 3.76. The Morgan fingerprint density at radius 2 is 1.77 bits per heavy atom. The van der Waals surface area contributed by atoms with Crippen molar-refractivity contribution in [2.75, 3.05) is 6.54 Å². The molecule has 1 aromatic rings. The number of fused-ring (bicyclic) bond motifs is 5. The highest BCUT2D eigenvalue weighted by molar-refractivity contribution is 5.67. The highest BCUT2D eigenvalue weighted by atomic mass is 16.6. The Kier molecular flexibility index (Phi) is 9.37. The molecule has 222 valence electrons. The molecule has 3 heteroatoms. The maximum absolute atomic E-state index is 12.6. The zero-order valence-corrected chi connectivity index (χ0v) is 26.2. The summed E-state index contributed by atoms with van der Waals surface area (Å²) < 4.78 is 5.96. The molecular weight excluding hydrogens is 490 g/mol. The number of carbonyl (C=O) groups is 1. The van der Waals surface area contributed by atoms with Crippen molar-refractivity contribution in [1.82, 2.24) is 5.32 Å². The van der Waals surface area contributed by atoms with Gasteiger partial charge in [-0.25, -0.2) is 4.79 Å². The molecular formula is C37H57NO2. The van der Waals surface area contributed by atoms with Crippen molar-refractivity contribution in [3.05, 3.63) is 47.5 Å². The third kappa shape index (κ3) is 6.19. The van der Waals surface area contributed by atoms with E-state index in [1.807, 2.05) is 6.07 Å². The lowest BCUT2D eigenvalue weighted by Crippen LogP contribution is -2.51.